The molecule has 0 amide bonds. The molecule has 1 unspecified atom stereocenters. The van der Waals surface area contributed by atoms with Gasteiger partial charge in [-0.3, -0.25) is 0 Å². The van der Waals surface area contributed by atoms with E-state index in [0.29, 0.717) is 18.1 Å². The van der Waals surface area contributed by atoms with Crippen LogP contribution in [0.1, 0.15) is 12.5 Å². The Labute approximate surface area is 123 Å². The van der Waals surface area contributed by atoms with Crippen molar-refractivity contribution in [1.82, 2.24) is 0 Å². The molecule has 20 heavy (non-hydrogen) atoms. The van der Waals surface area contributed by atoms with Crippen molar-refractivity contribution in [3.8, 4) is 0 Å². The van der Waals surface area contributed by atoms with E-state index in [1.807, 2.05) is 35.2 Å². The molecule has 0 bridgehead atoms. The van der Waals surface area contributed by atoms with Gasteiger partial charge < -0.3 is 10.0 Å². The summed E-state index contributed by atoms with van der Waals surface area (Å²) in [7, 11) is 0. The first-order chi connectivity index (χ1) is 9.56. The molecular formula is C16H17ClFNO. The van der Waals surface area contributed by atoms with E-state index in [-0.39, 0.29) is 5.82 Å². The molecule has 2 aromatic carbocycles. The lowest BCUT2D eigenvalue weighted by molar-refractivity contribution is 0.199. The molecule has 0 aliphatic carbocycles. The molecule has 0 saturated carbocycles. The van der Waals surface area contributed by atoms with Gasteiger partial charge in [0.1, 0.15) is 5.82 Å². The molecule has 2 aromatic rings. The average molecular weight is 294 g/mol. The van der Waals surface area contributed by atoms with Gasteiger partial charge in [0.2, 0.25) is 0 Å². The second-order valence-electron chi connectivity index (χ2n) is 4.80. The van der Waals surface area contributed by atoms with Gasteiger partial charge in [-0.1, -0.05) is 35.9 Å². The minimum absolute atomic E-state index is 0.347. The van der Waals surface area contributed by atoms with Crippen LogP contribution in [0.5, 0.6) is 0 Å². The maximum absolute atomic E-state index is 13.1. The summed E-state index contributed by atoms with van der Waals surface area (Å²) in [5.74, 6) is -0.347. The van der Waals surface area contributed by atoms with Crippen LogP contribution in [0.2, 0.25) is 5.02 Å². The first-order valence-corrected chi connectivity index (χ1v) is 6.86. The van der Waals surface area contributed by atoms with Crippen LogP contribution in [0.25, 0.3) is 0 Å². The lowest BCUT2D eigenvalue weighted by Gasteiger charge is -2.26. The number of aliphatic hydroxyl groups is 1. The van der Waals surface area contributed by atoms with Crippen LogP contribution in [0.3, 0.4) is 0 Å². The number of benzene rings is 2. The highest BCUT2D eigenvalue weighted by Crippen LogP contribution is 2.22. The lowest BCUT2D eigenvalue weighted by Crippen LogP contribution is -2.30. The molecular weight excluding hydrogens is 277 g/mol. The van der Waals surface area contributed by atoms with E-state index in [4.69, 9.17) is 11.6 Å². The Morgan fingerprint density at radius 3 is 2.50 bits per heavy atom. The lowest BCUT2D eigenvalue weighted by atomic mass is 10.1. The third-order valence-corrected chi connectivity index (χ3v) is 3.33. The minimum Gasteiger partial charge on any atom is -0.392 e. The van der Waals surface area contributed by atoms with Crippen LogP contribution in [0.15, 0.2) is 48.5 Å². The predicted molar refractivity (Wildman–Crippen MR) is 80.6 cm³/mol. The van der Waals surface area contributed by atoms with Crippen LogP contribution >= 0.6 is 11.6 Å². The van der Waals surface area contributed by atoms with Crippen molar-refractivity contribution < 1.29 is 9.50 Å². The molecule has 0 aliphatic heterocycles. The normalized spacial score (nSPS) is 12.2. The fraction of sp³-hybridized carbons (Fsp3) is 0.250. The van der Waals surface area contributed by atoms with Crippen LogP contribution in [-0.2, 0) is 6.54 Å². The molecule has 4 heteroatoms. The Morgan fingerprint density at radius 1 is 1.20 bits per heavy atom. The Hall–Kier alpha value is -1.58. The quantitative estimate of drug-likeness (QED) is 0.905. The first kappa shape index (κ1) is 14.8. The summed E-state index contributed by atoms with van der Waals surface area (Å²) < 4.78 is 13.1. The highest BCUT2D eigenvalue weighted by atomic mass is 35.5. The summed E-state index contributed by atoms with van der Waals surface area (Å²) in [4.78, 5) is 2.02. The van der Waals surface area contributed by atoms with Crippen LogP contribution in [0.4, 0.5) is 10.1 Å². The van der Waals surface area contributed by atoms with E-state index in [2.05, 4.69) is 0 Å². The summed E-state index contributed by atoms with van der Waals surface area (Å²) in [5, 5.41) is 10.0. The van der Waals surface area contributed by atoms with Crippen LogP contribution in [-0.4, -0.2) is 17.8 Å². The van der Waals surface area contributed by atoms with E-state index in [1.165, 1.54) is 12.1 Å². The summed E-state index contributed by atoms with van der Waals surface area (Å²) in [6, 6.07) is 14.1. The molecule has 0 saturated heterocycles. The van der Waals surface area contributed by atoms with Crippen molar-refractivity contribution in [2.75, 3.05) is 11.4 Å². The maximum Gasteiger partial charge on any atom is 0.124 e. The third-order valence-electron chi connectivity index (χ3n) is 2.98. The Balaban J connectivity index is 2.24. The number of aliphatic hydroxyl groups excluding tert-OH is 1. The zero-order chi connectivity index (χ0) is 14.5. The van der Waals surface area contributed by atoms with Gasteiger partial charge in [0.15, 0.2) is 0 Å². The molecule has 1 N–H and O–H groups in total. The number of hydrogen-bond donors (Lipinski definition) is 1. The molecule has 0 fully saturated rings. The number of nitrogens with zero attached hydrogens (tertiary/aromatic N) is 1. The van der Waals surface area contributed by atoms with Gasteiger partial charge in [-0.05, 0) is 36.8 Å². The van der Waals surface area contributed by atoms with Crippen molar-refractivity contribution in [2.24, 2.45) is 0 Å². The van der Waals surface area contributed by atoms with Gasteiger partial charge in [0.05, 0.1) is 6.10 Å². The standard InChI is InChI=1S/C16H17ClFNO/c1-12(20)10-19(15-5-3-2-4-6-15)11-13-7-8-14(18)9-16(13)17/h2-9,12,20H,10-11H2,1H3. The highest BCUT2D eigenvalue weighted by molar-refractivity contribution is 6.31. The largest absolute Gasteiger partial charge is 0.392 e. The number of hydrogen-bond acceptors (Lipinski definition) is 2. The van der Waals surface area contributed by atoms with Gasteiger partial charge in [-0.15, -0.1) is 0 Å². The summed E-state index contributed by atoms with van der Waals surface area (Å²) in [5.41, 5.74) is 1.83. The molecule has 0 heterocycles. The second-order valence-corrected chi connectivity index (χ2v) is 5.21. The van der Waals surface area contributed by atoms with E-state index in [1.54, 1.807) is 13.0 Å². The van der Waals surface area contributed by atoms with E-state index in [0.717, 1.165) is 11.3 Å². The maximum atomic E-state index is 13.1. The first-order valence-electron chi connectivity index (χ1n) is 6.48. The SMILES string of the molecule is CC(O)CN(Cc1ccc(F)cc1Cl)c1ccccc1. The fourth-order valence-corrected chi connectivity index (χ4v) is 2.30. The zero-order valence-electron chi connectivity index (χ0n) is 11.3. The Morgan fingerprint density at radius 2 is 1.90 bits per heavy atom. The van der Waals surface area contributed by atoms with E-state index < -0.39 is 6.10 Å². The molecule has 0 aromatic heterocycles. The third kappa shape index (κ3) is 3.95. The van der Waals surface area contributed by atoms with Crippen molar-refractivity contribution in [1.29, 1.82) is 0 Å². The Bertz CT molecular complexity index is 560. The van der Waals surface area contributed by atoms with Gasteiger partial charge in [0, 0.05) is 23.8 Å². The van der Waals surface area contributed by atoms with Gasteiger partial charge in [0.25, 0.3) is 0 Å². The summed E-state index contributed by atoms with van der Waals surface area (Å²) >= 11 is 6.07. The monoisotopic (exact) mass is 293 g/mol. The molecule has 2 rings (SSSR count). The van der Waals surface area contributed by atoms with Crippen LogP contribution in [0, 0.1) is 5.82 Å². The molecule has 106 valence electrons. The topological polar surface area (TPSA) is 23.5 Å². The minimum atomic E-state index is -0.463. The molecule has 0 aliphatic rings. The number of halogens is 2. The summed E-state index contributed by atoms with van der Waals surface area (Å²) in [6.07, 6.45) is -0.463. The van der Waals surface area contributed by atoms with Crippen molar-refractivity contribution in [3.05, 3.63) is 64.9 Å². The highest BCUT2D eigenvalue weighted by Gasteiger charge is 2.12. The van der Waals surface area contributed by atoms with Crippen molar-refractivity contribution in [2.45, 2.75) is 19.6 Å². The smallest absolute Gasteiger partial charge is 0.124 e. The predicted octanol–water partition coefficient (Wildman–Crippen LogP) is 3.87. The summed E-state index contributed by atoms with van der Waals surface area (Å²) in [6.45, 7) is 2.74. The number of anilines is 1. The zero-order valence-corrected chi connectivity index (χ0v) is 12.0. The van der Waals surface area contributed by atoms with Gasteiger partial charge in [-0.25, -0.2) is 4.39 Å². The molecule has 1 atom stereocenters. The second kappa shape index (κ2) is 6.73. The Kier molecular flexibility index (Phi) is 4.99. The van der Waals surface area contributed by atoms with Crippen molar-refractivity contribution in [3.63, 3.8) is 0 Å². The van der Waals surface area contributed by atoms with Crippen LogP contribution < -0.4 is 4.90 Å². The number of rotatable bonds is 5. The van der Waals surface area contributed by atoms with Gasteiger partial charge >= 0.3 is 0 Å². The average Bonchev–Trinajstić information content (AvgIpc) is 2.41. The molecule has 0 spiro atoms. The molecule has 2 nitrogen and oxygen atoms in total. The van der Waals surface area contributed by atoms with E-state index in [9.17, 15) is 9.50 Å². The van der Waals surface area contributed by atoms with Gasteiger partial charge in [-0.2, -0.15) is 0 Å². The molecule has 0 radical (unpaired) electrons. The fourth-order valence-electron chi connectivity index (χ4n) is 2.07. The van der Waals surface area contributed by atoms with Crippen molar-refractivity contribution >= 4 is 17.3 Å². The number of para-hydroxylation sites is 1. The van der Waals surface area contributed by atoms with E-state index >= 15 is 0 Å².